The van der Waals surface area contributed by atoms with E-state index in [0.717, 1.165) is 28.5 Å². The number of rotatable bonds is 9. The first kappa shape index (κ1) is 21.5. The van der Waals surface area contributed by atoms with Crippen LogP contribution in [0.15, 0.2) is 65.8 Å². The largest absolute Gasteiger partial charge is 0.312 e. The molecule has 0 bridgehead atoms. The highest BCUT2D eigenvalue weighted by Gasteiger charge is 2.09. The van der Waals surface area contributed by atoms with Crippen molar-refractivity contribution in [1.82, 2.24) is 0 Å². The monoisotopic (exact) mass is 353 g/mol. The summed E-state index contributed by atoms with van der Waals surface area (Å²) in [6, 6.07) is 5.31. The van der Waals surface area contributed by atoms with Gasteiger partial charge in [-0.2, -0.15) is 0 Å². The van der Waals surface area contributed by atoms with Crippen LogP contribution in [0.5, 0.6) is 0 Å². The molecular formula is C23H28FNO. The average Bonchev–Trinajstić information content (AvgIpc) is 2.58. The smallest absolute Gasteiger partial charge is 0.141 e. The van der Waals surface area contributed by atoms with Gasteiger partial charge in [0.25, 0.3) is 0 Å². The van der Waals surface area contributed by atoms with Crippen LogP contribution >= 0.6 is 0 Å². The molecule has 0 amide bonds. The minimum atomic E-state index is -0.521. The quantitative estimate of drug-likeness (QED) is 0.434. The third-order valence-electron chi connectivity index (χ3n) is 4.22. The molecule has 1 aromatic rings. The van der Waals surface area contributed by atoms with Gasteiger partial charge in [-0.3, -0.25) is 4.79 Å². The molecule has 0 spiro atoms. The van der Waals surface area contributed by atoms with Crippen LogP contribution in [0.2, 0.25) is 0 Å². The van der Waals surface area contributed by atoms with Crippen molar-refractivity contribution in [3.05, 3.63) is 82.7 Å². The molecule has 1 atom stereocenters. The summed E-state index contributed by atoms with van der Waals surface area (Å²) < 4.78 is 14.0. The highest BCUT2D eigenvalue weighted by atomic mass is 19.1. The van der Waals surface area contributed by atoms with Crippen molar-refractivity contribution in [1.29, 1.82) is 5.41 Å². The highest BCUT2D eigenvalue weighted by molar-refractivity contribution is 5.94. The molecule has 2 nitrogen and oxygen atoms in total. The maximum absolute atomic E-state index is 14.0. The zero-order valence-electron chi connectivity index (χ0n) is 16.1. The third kappa shape index (κ3) is 6.75. The van der Waals surface area contributed by atoms with Crippen LogP contribution in [0.1, 0.15) is 38.3 Å². The molecule has 0 aliphatic rings. The van der Waals surface area contributed by atoms with Gasteiger partial charge in [0.15, 0.2) is 0 Å². The molecule has 0 aromatic heterocycles. The molecule has 0 aliphatic carbocycles. The topological polar surface area (TPSA) is 40.9 Å². The number of benzene rings is 1. The molecule has 138 valence electrons. The molecule has 0 fully saturated rings. The number of halogens is 1. The van der Waals surface area contributed by atoms with Crippen LogP contribution < -0.4 is 0 Å². The number of hydrogen-bond donors (Lipinski definition) is 1. The van der Waals surface area contributed by atoms with Gasteiger partial charge in [0, 0.05) is 6.21 Å². The van der Waals surface area contributed by atoms with Crippen molar-refractivity contribution in [2.45, 2.75) is 40.5 Å². The molecule has 1 aromatic carbocycles. The lowest BCUT2D eigenvalue weighted by molar-refractivity contribution is -0.117. The SMILES string of the molecule is C=C(/C=C(\C=CC)CCc1ccc(C)cc1F)/C(C)=C/C(C=N)C(C)=O. The van der Waals surface area contributed by atoms with Gasteiger partial charge in [-0.1, -0.05) is 43.0 Å². The normalized spacial score (nSPS) is 13.7. The number of ketones is 1. The molecule has 0 saturated heterocycles. The van der Waals surface area contributed by atoms with Crippen LogP contribution in [0.3, 0.4) is 0 Å². The van der Waals surface area contributed by atoms with E-state index in [1.165, 1.54) is 6.92 Å². The lowest BCUT2D eigenvalue weighted by Crippen LogP contribution is -2.09. The standard InChI is InChI=1S/C23H28FNO/c1-6-7-20(9-11-21-10-8-16(2)12-23(21)24)13-17(3)18(4)14-22(15-25)19(5)26/h6-8,10,12-15,22,25H,3,9,11H2,1-2,4-5H3/b7-6?,18-14+,20-13+,25-15?. The summed E-state index contributed by atoms with van der Waals surface area (Å²) >= 11 is 0. The number of Topliss-reactive ketones (excluding diaryl/α,β-unsaturated/α-hetero) is 1. The summed E-state index contributed by atoms with van der Waals surface area (Å²) in [6.45, 7) is 11.2. The van der Waals surface area contributed by atoms with Crippen LogP contribution in [0, 0.1) is 24.1 Å². The van der Waals surface area contributed by atoms with Crippen molar-refractivity contribution >= 4 is 12.0 Å². The van der Waals surface area contributed by atoms with Gasteiger partial charge in [-0.15, -0.1) is 0 Å². The number of aryl methyl sites for hydroxylation is 2. The number of carbonyl (C=O) groups is 1. The molecule has 3 heteroatoms. The summed E-state index contributed by atoms with van der Waals surface area (Å²) in [5.74, 6) is -0.762. The third-order valence-corrected chi connectivity index (χ3v) is 4.22. The van der Waals surface area contributed by atoms with Gasteiger partial charge in [-0.25, -0.2) is 4.39 Å². The molecule has 0 saturated carbocycles. The van der Waals surface area contributed by atoms with E-state index in [9.17, 15) is 9.18 Å². The molecule has 26 heavy (non-hydrogen) atoms. The lowest BCUT2D eigenvalue weighted by Gasteiger charge is -2.09. The molecule has 1 N–H and O–H groups in total. The van der Waals surface area contributed by atoms with Crippen LogP contribution in [-0.4, -0.2) is 12.0 Å². The Morgan fingerprint density at radius 2 is 2.04 bits per heavy atom. The molecular weight excluding hydrogens is 325 g/mol. The van der Waals surface area contributed by atoms with E-state index in [1.54, 1.807) is 12.1 Å². The van der Waals surface area contributed by atoms with Crippen molar-refractivity contribution in [3.63, 3.8) is 0 Å². The highest BCUT2D eigenvalue weighted by Crippen LogP contribution is 2.19. The minimum Gasteiger partial charge on any atom is -0.312 e. The van der Waals surface area contributed by atoms with Crippen LogP contribution in [0.25, 0.3) is 0 Å². The van der Waals surface area contributed by atoms with E-state index in [0.29, 0.717) is 18.4 Å². The first-order chi connectivity index (χ1) is 12.3. The Bertz CT molecular complexity index is 768. The minimum absolute atomic E-state index is 0.0698. The van der Waals surface area contributed by atoms with E-state index in [4.69, 9.17) is 5.41 Å². The lowest BCUT2D eigenvalue weighted by atomic mass is 9.96. The second-order valence-corrected chi connectivity index (χ2v) is 6.49. The average molecular weight is 353 g/mol. The van der Waals surface area contributed by atoms with Crippen LogP contribution in [0.4, 0.5) is 4.39 Å². The number of allylic oxidation sites excluding steroid dienone is 7. The maximum atomic E-state index is 14.0. The summed E-state index contributed by atoms with van der Waals surface area (Å²) in [5, 5.41) is 7.35. The number of hydrogen-bond acceptors (Lipinski definition) is 2. The first-order valence-corrected chi connectivity index (χ1v) is 8.75. The second-order valence-electron chi connectivity index (χ2n) is 6.49. The zero-order chi connectivity index (χ0) is 19.7. The fraction of sp³-hybridized carbons (Fsp3) is 0.304. The van der Waals surface area contributed by atoms with Crippen molar-refractivity contribution in [3.8, 4) is 0 Å². The summed E-state index contributed by atoms with van der Waals surface area (Å²) in [4.78, 5) is 11.5. The van der Waals surface area contributed by atoms with Gasteiger partial charge in [0.2, 0.25) is 0 Å². The summed E-state index contributed by atoms with van der Waals surface area (Å²) in [5.41, 5.74) is 4.30. The van der Waals surface area contributed by atoms with Gasteiger partial charge in [0.1, 0.15) is 11.6 Å². The van der Waals surface area contributed by atoms with E-state index < -0.39 is 5.92 Å². The molecule has 0 heterocycles. The predicted molar refractivity (Wildman–Crippen MR) is 108 cm³/mol. The Balaban J connectivity index is 2.94. The van der Waals surface area contributed by atoms with Crippen molar-refractivity contribution < 1.29 is 9.18 Å². The van der Waals surface area contributed by atoms with Crippen LogP contribution in [-0.2, 0) is 11.2 Å². The van der Waals surface area contributed by atoms with Gasteiger partial charge >= 0.3 is 0 Å². The van der Waals surface area contributed by atoms with Gasteiger partial charge < -0.3 is 5.41 Å². The van der Waals surface area contributed by atoms with Crippen molar-refractivity contribution in [2.75, 3.05) is 0 Å². The van der Waals surface area contributed by atoms with E-state index in [2.05, 4.69) is 6.58 Å². The number of carbonyl (C=O) groups excluding carboxylic acids is 1. The van der Waals surface area contributed by atoms with E-state index in [-0.39, 0.29) is 11.6 Å². The Kier molecular flexibility index (Phi) is 8.63. The summed E-state index contributed by atoms with van der Waals surface area (Å²) in [7, 11) is 0. The Hall–Kier alpha value is -2.55. The first-order valence-electron chi connectivity index (χ1n) is 8.75. The van der Waals surface area contributed by atoms with Gasteiger partial charge in [-0.05, 0) is 74.4 Å². The molecule has 0 radical (unpaired) electrons. The van der Waals surface area contributed by atoms with E-state index in [1.807, 2.05) is 51.1 Å². The Labute approximate surface area is 156 Å². The predicted octanol–water partition coefficient (Wildman–Crippen LogP) is 5.93. The molecule has 1 unspecified atom stereocenters. The number of nitrogens with one attached hydrogen (secondary N) is 1. The Morgan fingerprint density at radius 1 is 1.35 bits per heavy atom. The molecule has 1 rings (SSSR count). The van der Waals surface area contributed by atoms with E-state index >= 15 is 0 Å². The summed E-state index contributed by atoms with van der Waals surface area (Å²) in [6.07, 6.45) is 10.1. The zero-order valence-corrected chi connectivity index (χ0v) is 16.1. The molecule has 0 aliphatic heterocycles. The maximum Gasteiger partial charge on any atom is 0.141 e. The second kappa shape index (κ2) is 10.4. The fourth-order valence-corrected chi connectivity index (χ4v) is 2.55. The van der Waals surface area contributed by atoms with Crippen molar-refractivity contribution in [2.24, 2.45) is 5.92 Å². The fourth-order valence-electron chi connectivity index (χ4n) is 2.55. The Morgan fingerprint density at radius 3 is 2.58 bits per heavy atom. The van der Waals surface area contributed by atoms with Gasteiger partial charge in [0.05, 0.1) is 5.92 Å².